The Kier molecular flexibility index (Phi) is 4.21. The van der Waals surface area contributed by atoms with Crippen molar-refractivity contribution in [2.24, 2.45) is 5.73 Å². The lowest BCUT2D eigenvalue weighted by atomic mass is 10.1. The van der Waals surface area contributed by atoms with Gasteiger partial charge in [0.2, 0.25) is 0 Å². The monoisotopic (exact) mass is 189 g/mol. The predicted molar refractivity (Wildman–Crippen MR) is 51.0 cm³/mol. The molecule has 0 saturated heterocycles. The number of nitrogens with two attached hydrogens (primary N) is 1. The van der Waals surface area contributed by atoms with Crippen molar-refractivity contribution >= 4 is 12.4 Å². The molecule has 12 heavy (non-hydrogen) atoms. The standard InChI is InChI=1S/C9H12FN.ClH/c1-6-3-8(5-11)4-7(2)9(6)10;/h3-4H,5,11H2,1-2H3;1H. The molecule has 1 aromatic carbocycles. The summed E-state index contributed by atoms with van der Waals surface area (Å²) in [5.41, 5.74) is 7.75. The Labute approximate surface area is 78.2 Å². The molecular weight excluding hydrogens is 177 g/mol. The van der Waals surface area contributed by atoms with E-state index in [4.69, 9.17) is 5.73 Å². The summed E-state index contributed by atoms with van der Waals surface area (Å²) in [6, 6.07) is 3.56. The van der Waals surface area contributed by atoms with E-state index < -0.39 is 0 Å². The van der Waals surface area contributed by atoms with Crippen molar-refractivity contribution in [1.82, 2.24) is 0 Å². The van der Waals surface area contributed by atoms with Crippen LogP contribution in [0.4, 0.5) is 4.39 Å². The first kappa shape index (κ1) is 11.4. The van der Waals surface area contributed by atoms with Gasteiger partial charge in [-0.1, -0.05) is 12.1 Å². The van der Waals surface area contributed by atoms with E-state index >= 15 is 0 Å². The average molecular weight is 190 g/mol. The fourth-order valence-electron chi connectivity index (χ4n) is 1.15. The average Bonchev–Trinajstić information content (AvgIpc) is 1.99. The second-order valence-electron chi connectivity index (χ2n) is 2.75. The van der Waals surface area contributed by atoms with Gasteiger partial charge in [-0.05, 0) is 30.5 Å². The second kappa shape index (κ2) is 4.43. The molecule has 1 rings (SSSR count). The number of benzene rings is 1. The van der Waals surface area contributed by atoms with E-state index in [0.29, 0.717) is 17.7 Å². The molecule has 0 aliphatic rings. The van der Waals surface area contributed by atoms with Crippen molar-refractivity contribution in [3.05, 3.63) is 34.6 Å². The highest BCUT2D eigenvalue weighted by Gasteiger charge is 2.01. The van der Waals surface area contributed by atoms with Crippen molar-refractivity contribution in [2.45, 2.75) is 20.4 Å². The number of hydrogen-bond acceptors (Lipinski definition) is 1. The molecule has 2 N–H and O–H groups in total. The van der Waals surface area contributed by atoms with Crippen LogP contribution in [0.25, 0.3) is 0 Å². The lowest BCUT2D eigenvalue weighted by molar-refractivity contribution is 0.608. The van der Waals surface area contributed by atoms with Crippen LogP contribution in [0.3, 0.4) is 0 Å². The number of rotatable bonds is 1. The molecule has 0 unspecified atom stereocenters. The van der Waals surface area contributed by atoms with Crippen LogP contribution in [0.5, 0.6) is 0 Å². The smallest absolute Gasteiger partial charge is 0.129 e. The van der Waals surface area contributed by atoms with Crippen molar-refractivity contribution in [3.63, 3.8) is 0 Å². The molecule has 3 heteroatoms. The summed E-state index contributed by atoms with van der Waals surface area (Å²) in [7, 11) is 0. The van der Waals surface area contributed by atoms with Crippen LogP contribution in [-0.2, 0) is 6.54 Å². The summed E-state index contributed by atoms with van der Waals surface area (Å²) >= 11 is 0. The fourth-order valence-corrected chi connectivity index (χ4v) is 1.15. The van der Waals surface area contributed by atoms with Crippen LogP contribution in [0.2, 0.25) is 0 Å². The summed E-state index contributed by atoms with van der Waals surface area (Å²) < 4.78 is 13.0. The second-order valence-corrected chi connectivity index (χ2v) is 2.75. The van der Waals surface area contributed by atoms with Gasteiger partial charge >= 0.3 is 0 Å². The molecule has 0 fully saturated rings. The number of halogens is 2. The van der Waals surface area contributed by atoms with Gasteiger partial charge in [-0.2, -0.15) is 0 Å². The van der Waals surface area contributed by atoms with Gasteiger partial charge in [0.15, 0.2) is 0 Å². The molecule has 0 amide bonds. The van der Waals surface area contributed by atoms with Gasteiger partial charge in [0, 0.05) is 6.54 Å². The van der Waals surface area contributed by atoms with E-state index in [9.17, 15) is 4.39 Å². The first-order valence-corrected chi connectivity index (χ1v) is 3.61. The Morgan fingerprint density at radius 3 is 2.00 bits per heavy atom. The number of hydrogen-bond donors (Lipinski definition) is 1. The summed E-state index contributed by atoms with van der Waals surface area (Å²) in [5.74, 6) is -0.123. The van der Waals surface area contributed by atoms with Crippen LogP contribution in [0.1, 0.15) is 16.7 Å². The van der Waals surface area contributed by atoms with Gasteiger partial charge in [-0.25, -0.2) is 4.39 Å². The molecule has 68 valence electrons. The number of aryl methyl sites for hydroxylation is 2. The van der Waals surface area contributed by atoms with E-state index in [1.165, 1.54) is 0 Å². The van der Waals surface area contributed by atoms with Gasteiger partial charge < -0.3 is 5.73 Å². The Morgan fingerprint density at radius 1 is 1.25 bits per heavy atom. The van der Waals surface area contributed by atoms with Gasteiger partial charge in [0.1, 0.15) is 5.82 Å². The van der Waals surface area contributed by atoms with E-state index in [1.807, 2.05) is 0 Å². The lowest BCUT2D eigenvalue weighted by Gasteiger charge is -2.03. The molecule has 1 aromatic rings. The summed E-state index contributed by atoms with van der Waals surface area (Å²) in [6.07, 6.45) is 0. The molecule has 0 radical (unpaired) electrons. The van der Waals surface area contributed by atoms with Crippen LogP contribution in [0, 0.1) is 19.7 Å². The first-order valence-electron chi connectivity index (χ1n) is 3.61. The van der Waals surface area contributed by atoms with Crippen LogP contribution < -0.4 is 5.73 Å². The quantitative estimate of drug-likeness (QED) is 0.721. The Hall–Kier alpha value is -0.600. The van der Waals surface area contributed by atoms with Gasteiger partial charge in [0.05, 0.1) is 0 Å². The molecule has 0 aromatic heterocycles. The zero-order valence-electron chi connectivity index (χ0n) is 7.23. The zero-order valence-corrected chi connectivity index (χ0v) is 8.04. The van der Waals surface area contributed by atoms with Gasteiger partial charge in [-0.3, -0.25) is 0 Å². The fraction of sp³-hybridized carbons (Fsp3) is 0.333. The largest absolute Gasteiger partial charge is 0.326 e. The maximum Gasteiger partial charge on any atom is 0.129 e. The molecule has 0 saturated carbocycles. The van der Waals surface area contributed by atoms with Gasteiger partial charge in [0.25, 0.3) is 0 Å². The Balaban J connectivity index is 0.00000121. The van der Waals surface area contributed by atoms with Crippen molar-refractivity contribution in [3.8, 4) is 0 Å². The molecule has 0 bridgehead atoms. The van der Waals surface area contributed by atoms with Crippen molar-refractivity contribution < 1.29 is 4.39 Å². The minimum atomic E-state index is -0.123. The molecule has 0 aliphatic heterocycles. The first-order chi connectivity index (χ1) is 5.15. The maximum atomic E-state index is 13.0. The van der Waals surface area contributed by atoms with Crippen LogP contribution in [-0.4, -0.2) is 0 Å². The third-order valence-electron chi connectivity index (χ3n) is 1.73. The molecule has 0 spiro atoms. The predicted octanol–water partition coefficient (Wildman–Crippen LogP) is 2.32. The zero-order chi connectivity index (χ0) is 8.43. The molecule has 1 nitrogen and oxygen atoms in total. The van der Waals surface area contributed by atoms with E-state index in [0.717, 1.165) is 5.56 Å². The summed E-state index contributed by atoms with van der Waals surface area (Å²) in [5, 5.41) is 0. The Bertz CT molecular complexity index is 250. The van der Waals surface area contributed by atoms with Crippen molar-refractivity contribution in [2.75, 3.05) is 0 Å². The highest BCUT2D eigenvalue weighted by atomic mass is 35.5. The SMILES string of the molecule is Cc1cc(CN)cc(C)c1F.Cl. The van der Waals surface area contributed by atoms with E-state index in [-0.39, 0.29) is 18.2 Å². The molecular formula is C9H13ClFN. The van der Waals surface area contributed by atoms with Gasteiger partial charge in [-0.15, -0.1) is 12.4 Å². The minimum Gasteiger partial charge on any atom is -0.326 e. The van der Waals surface area contributed by atoms with E-state index in [2.05, 4.69) is 0 Å². The van der Waals surface area contributed by atoms with Crippen LogP contribution >= 0.6 is 12.4 Å². The third-order valence-corrected chi connectivity index (χ3v) is 1.73. The maximum absolute atomic E-state index is 13.0. The summed E-state index contributed by atoms with van der Waals surface area (Å²) in [6.45, 7) is 3.98. The van der Waals surface area contributed by atoms with Crippen LogP contribution in [0.15, 0.2) is 12.1 Å². The normalized spacial score (nSPS) is 9.33. The minimum absolute atomic E-state index is 0. The van der Waals surface area contributed by atoms with E-state index in [1.54, 1.807) is 26.0 Å². The molecule has 0 atom stereocenters. The highest BCUT2D eigenvalue weighted by molar-refractivity contribution is 5.85. The topological polar surface area (TPSA) is 26.0 Å². The third kappa shape index (κ3) is 2.19. The lowest BCUT2D eigenvalue weighted by Crippen LogP contribution is -1.99. The Morgan fingerprint density at radius 2 is 1.67 bits per heavy atom. The van der Waals surface area contributed by atoms with Crippen molar-refractivity contribution in [1.29, 1.82) is 0 Å². The summed E-state index contributed by atoms with van der Waals surface area (Å²) in [4.78, 5) is 0. The molecule has 0 aliphatic carbocycles. The highest BCUT2D eigenvalue weighted by Crippen LogP contribution is 2.13. The molecule has 0 heterocycles.